The van der Waals surface area contributed by atoms with Crippen molar-refractivity contribution in [1.29, 1.82) is 0 Å². The molecule has 0 amide bonds. The van der Waals surface area contributed by atoms with E-state index in [1.165, 1.54) is 6.07 Å². The molecule has 0 spiro atoms. The van der Waals surface area contributed by atoms with Gasteiger partial charge in [-0.2, -0.15) is 0 Å². The van der Waals surface area contributed by atoms with Gasteiger partial charge in [-0.25, -0.2) is 4.79 Å². The Hall–Kier alpha value is -1.96. The van der Waals surface area contributed by atoms with Crippen molar-refractivity contribution in [3.8, 4) is 0 Å². The summed E-state index contributed by atoms with van der Waals surface area (Å²) in [5, 5.41) is 40.8. The van der Waals surface area contributed by atoms with Gasteiger partial charge in [-0.3, -0.25) is 9.44 Å². The van der Waals surface area contributed by atoms with Crippen molar-refractivity contribution < 1.29 is 24.9 Å². The fraction of sp³-hybridized carbons (Fsp3) is 0.333. The van der Waals surface area contributed by atoms with Crippen molar-refractivity contribution >= 4 is 17.6 Å². The van der Waals surface area contributed by atoms with Gasteiger partial charge in [-0.1, -0.05) is 18.2 Å². The second kappa shape index (κ2) is 4.30. The molecule has 0 saturated heterocycles. The van der Waals surface area contributed by atoms with Crippen molar-refractivity contribution in [2.75, 3.05) is 6.54 Å². The van der Waals surface area contributed by atoms with Gasteiger partial charge in [0.2, 0.25) is 0 Å². The van der Waals surface area contributed by atoms with E-state index < -0.39 is 28.7 Å². The van der Waals surface area contributed by atoms with E-state index in [4.69, 9.17) is 10.2 Å². The molecule has 0 aliphatic carbocycles. The zero-order chi connectivity index (χ0) is 14.3. The molecule has 1 heterocycles. The predicted octanol–water partition coefficient (Wildman–Crippen LogP) is 0.296. The fourth-order valence-corrected chi connectivity index (χ4v) is 2.43. The largest absolute Gasteiger partial charge is 0.625 e. The van der Waals surface area contributed by atoms with E-state index in [0.717, 1.165) is 0 Å². The lowest BCUT2D eigenvalue weighted by Gasteiger charge is -2.47. The summed E-state index contributed by atoms with van der Waals surface area (Å²) in [6.07, 6.45) is -0.852. The zero-order valence-corrected chi connectivity index (χ0v) is 9.94. The van der Waals surface area contributed by atoms with Gasteiger partial charge < -0.3 is 20.5 Å². The number of carboxylic acid groups (broad SMARTS) is 2. The quantitative estimate of drug-likeness (QED) is 0.533. The number of para-hydroxylation sites is 1. The van der Waals surface area contributed by atoms with Gasteiger partial charge in [0.05, 0.1) is 6.54 Å². The monoisotopic (exact) mass is 267 g/mol. The standard InChI is InChI=1S/C12H13NO6/c14-10(15)7-12(18,11(16)17)13(19)6-5-8-3-1-2-4-9(8)13/h1-4,18H,5-7H2,(H,14,15)(H,16,17). The molecule has 2 atom stereocenters. The Morgan fingerprint density at radius 1 is 1.32 bits per heavy atom. The van der Waals surface area contributed by atoms with Gasteiger partial charge in [0.1, 0.15) is 12.1 Å². The second-order valence-electron chi connectivity index (χ2n) is 4.53. The van der Waals surface area contributed by atoms with Gasteiger partial charge >= 0.3 is 17.7 Å². The molecule has 0 aromatic heterocycles. The van der Waals surface area contributed by atoms with Gasteiger partial charge in [-0.15, -0.1) is 0 Å². The molecule has 7 nitrogen and oxygen atoms in total. The Labute approximate surface area is 108 Å². The topological polar surface area (TPSA) is 118 Å². The predicted molar refractivity (Wildman–Crippen MR) is 65.0 cm³/mol. The Morgan fingerprint density at radius 3 is 2.53 bits per heavy atom. The maximum absolute atomic E-state index is 12.8. The van der Waals surface area contributed by atoms with Crippen molar-refractivity contribution in [1.82, 2.24) is 4.65 Å². The van der Waals surface area contributed by atoms with Crippen LogP contribution in [0, 0.1) is 5.21 Å². The van der Waals surface area contributed by atoms with Crippen LogP contribution >= 0.6 is 0 Å². The normalized spacial score (nSPS) is 24.5. The van der Waals surface area contributed by atoms with E-state index in [1.807, 2.05) is 0 Å². The molecule has 1 aliphatic heterocycles. The smallest absolute Gasteiger partial charge is 0.397 e. The van der Waals surface area contributed by atoms with E-state index in [0.29, 0.717) is 12.0 Å². The number of nitrogens with zero attached hydrogens (tertiary/aromatic N) is 1. The molecule has 0 bridgehead atoms. The first-order valence-corrected chi connectivity index (χ1v) is 5.66. The number of hydrogen-bond acceptors (Lipinski definition) is 4. The van der Waals surface area contributed by atoms with Crippen molar-refractivity contribution in [2.24, 2.45) is 0 Å². The summed E-state index contributed by atoms with van der Waals surface area (Å²) >= 11 is 0. The van der Waals surface area contributed by atoms with Crippen LogP contribution in [0.15, 0.2) is 24.3 Å². The summed E-state index contributed by atoms with van der Waals surface area (Å²) < 4.78 is -1.56. The van der Waals surface area contributed by atoms with Crippen LogP contribution in [0.25, 0.3) is 0 Å². The molecule has 0 radical (unpaired) electrons. The number of fused-ring (bicyclic) bond motifs is 1. The Balaban J connectivity index is 2.54. The third-order valence-corrected chi connectivity index (χ3v) is 3.41. The summed E-state index contributed by atoms with van der Waals surface area (Å²) in [6.45, 7) is -0.199. The molecule has 2 rings (SSSR count). The summed E-state index contributed by atoms with van der Waals surface area (Å²) in [4.78, 5) is 22.0. The third-order valence-electron chi connectivity index (χ3n) is 3.41. The molecule has 1 aromatic carbocycles. The van der Waals surface area contributed by atoms with Crippen molar-refractivity contribution in [3.63, 3.8) is 0 Å². The van der Waals surface area contributed by atoms with Crippen LogP contribution in [-0.2, 0) is 16.0 Å². The van der Waals surface area contributed by atoms with Crippen molar-refractivity contribution in [2.45, 2.75) is 18.6 Å². The van der Waals surface area contributed by atoms with E-state index in [9.17, 15) is 19.9 Å². The first-order valence-electron chi connectivity index (χ1n) is 5.66. The zero-order valence-electron chi connectivity index (χ0n) is 9.94. The maximum Gasteiger partial charge on any atom is 0.397 e. The minimum absolute atomic E-state index is 0.105. The van der Waals surface area contributed by atoms with Gasteiger partial charge in [0.25, 0.3) is 0 Å². The van der Waals surface area contributed by atoms with Crippen LogP contribution in [-0.4, -0.2) is 39.5 Å². The van der Waals surface area contributed by atoms with E-state index in [2.05, 4.69) is 0 Å². The average molecular weight is 267 g/mol. The number of benzene rings is 1. The second-order valence-corrected chi connectivity index (χ2v) is 4.53. The lowest BCUT2D eigenvalue weighted by molar-refractivity contribution is -0.181. The minimum atomic E-state index is -2.92. The molecule has 2 unspecified atom stereocenters. The summed E-state index contributed by atoms with van der Waals surface area (Å²) in [7, 11) is 0. The van der Waals surface area contributed by atoms with E-state index in [-0.39, 0.29) is 12.2 Å². The maximum atomic E-state index is 12.8. The number of hydroxylamine groups is 2. The van der Waals surface area contributed by atoms with Crippen LogP contribution in [0.3, 0.4) is 0 Å². The molecule has 0 fully saturated rings. The number of rotatable bonds is 4. The Morgan fingerprint density at radius 2 is 1.95 bits per heavy atom. The molecule has 0 saturated carbocycles. The molecule has 7 heteroatoms. The van der Waals surface area contributed by atoms with Gasteiger partial charge in [0, 0.05) is 12.0 Å². The van der Waals surface area contributed by atoms with Crippen LogP contribution < -0.4 is 4.65 Å². The number of aliphatic carboxylic acids is 2. The van der Waals surface area contributed by atoms with Crippen LogP contribution in [0.1, 0.15) is 12.0 Å². The SMILES string of the molecule is O=C(O)CC(O)(C(=O)O)[N+]1([O-])CCc2ccccc21. The van der Waals surface area contributed by atoms with Crippen LogP contribution in [0.2, 0.25) is 0 Å². The summed E-state index contributed by atoms with van der Waals surface area (Å²) in [6, 6.07) is 6.34. The molecular weight excluding hydrogens is 254 g/mol. The van der Waals surface area contributed by atoms with Crippen LogP contribution in [0.4, 0.5) is 5.69 Å². The number of carbonyl (C=O) groups is 2. The number of quaternary nitrogens is 1. The lowest BCUT2D eigenvalue weighted by Crippen LogP contribution is -2.66. The number of hydrogen-bond donors (Lipinski definition) is 3. The third kappa shape index (κ3) is 1.88. The highest BCUT2D eigenvalue weighted by molar-refractivity contribution is 5.86. The Bertz CT molecular complexity index is 545. The first-order chi connectivity index (χ1) is 8.81. The summed E-state index contributed by atoms with van der Waals surface area (Å²) in [5.74, 6) is -3.37. The molecule has 1 aliphatic rings. The Kier molecular flexibility index (Phi) is 3.05. The molecular formula is C12H13NO6. The molecule has 3 N–H and O–H groups in total. The highest BCUT2D eigenvalue weighted by Crippen LogP contribution is 2.41. The molecule has 1 aromatic rings. The lowest BCUT2D eigenvalue weighted by atomic mass is 10.1. The number of aliphatic hydroxyl groups is 1. The van der Waals surface area contributed by atoms with E-state index in [1.54, 1.807) is 18.2 Å². The minimum Gasteiger partial charge on any atom is -0.625 e. The first kappa shape index (κ1) is 13.5. The van der Waals surface area contributed by atoms with Gasteiger partial charge in [-0.05, 0) is 6.07 Å². The fourth-order valence-electron chi connectivity index (χ4n) is 2.43. The van der Waals surface area contributed by atoms with Gasteiger partial charge in [0.15, 0.2) is 0 Å². The summed E-state index contributed by atoms with van der Waals surface area (Å²) in [5.41, 5.74) is -2.19. The van der Waals surface area contributed by atoms with Crippen molar-refractivity contribution in [3.05, 3.63) is 35.0 Å². The van der Waals surface area contributed by atoms with Crippen LogP contribution in [0.5, 0.6) is 0 Å². The molecule has 19 heavy (non-hydrogen) atoms. The number of carboxylic acids is 2. The average Bonchev–Trinajstić information content (AvgIpc) is 2.68. The molecule has 102 valence electrons. The highest BCUT2D eigenvalue weighted by atomic mass is 16.6. The highest BCUT2D eigenvalue weighted by Gasteiger charge is 2.56. The van der Waals surface area contributed by atoms with E-state index >= 15 is 0 Å².